The van der Waals surface area contributed by atoms with E-state index < -0.39 is 21.1 Å². The van der Waals surface area contributed by atoms with Crippen molar-refractivity contribution >= 4 is 32.1 Å². The van der Waals surface area contributed by atoms with E-state index in [4.69, 9.17) is 5.11 Å². The zero-order valence-corrected chi connectivity index (χ0v) is 9.89. The van der Waals surface area contributed by atoms with E-state index in [0.29, 0.717) is 0 Å². The van der Waals surface area contributed by atoms with Crippen LogP contribution in [-0.4, -0.2) is 19.5 Å². The van der Waals surface area contributed by atoms with Crippen LogP contribution in [0.5, 0.6) is 0 Å². The molecule has 0 bridgehead atoms. The molecule has 82 valence electrons. The molecule has 0 fully saturated rings. The smallest absolute Gasteiger partial charge is 0.335 e. The summed E-state index contributed by atoms with van der Waals surface area (Å²) in [5, 5.41) is 8.72. The van der Waals surface area contributed by atoms with Crippen molar-refractivity contribution in [2.45, 2.75) is 11.8 Å². The molecule has 0 saturated carbocycles. The number of rotatable bonds is 2. The van der Waals surface area contributed by atoms with Gasteiger partial charge < -0.3 is 5.11 Å². The van der Waals surface area contributed by atoms with E-state index in [2.05, 4.69) is 15.9 Å². The summed E-state index contributed by atoms with van der Waals surface area (Å²) in [5.74, 6) is -1.20. The molecule has 1 aromatic rings. The summed E-state index contributed by atoms with van der Waals surface area (Å²) in [7, 11) is -4.84. The van der Waals surface area contributed by atoms with Crippen LogP contribution in [-0.2, 0) is 10.2 Å². The molecule has 1 N–H and O–H groups in total. The first-order chi connectivity index (χ1) is 6.73. The van der Waals surface area contributed by atoms with Gasteiger partial charge in [-0.1, -0.05) is 0 Å². The number of hydrogen-bond acceptors (Lipinski definition) is 3. The summed E-state index contributed by atoms with van der Waals surface area (Å²) < 4.78 is 33.9. The van der Waals surface area contributed by atoms with Crippen LogP contribution in [0.3, 0.4) is 0 Å². The maximum absolute atomic E-state index is 12.7. The van der Waals surface area contributed by atoms with Crippen LogP contribution in [0.4, 0.5) is 3.89 Å². The number of carboxylic acids is 1. The Kier molecular flexibility index (Phi) is 3.15. The van der Waals surface area contributed by atoms with Crippen molar-refractivity contribution in [1.29, 1.82) is 0 Å². The molecule has 15 heavy (non-hydrogen) atoms. The lowest BCUT2D eigenvalue weighted by Crippen LogP contribution is -2.03. The highest BCUT2D eigenvalue weighted by Gasteiger charge is 2.19. The van der Waals surface area contributed by atoms with E-state index in [9.17, 15) is 17.1 Å². The lowest BCUT2D eigenvalue weighted by Gasteiger charge is -2.04. The molecular formula is C8H6BrFO4S. The van der Waals surface area contributed by atoms with Gasteiger partial charge >= 0.3 is 16.2 Å². The number of hydrogen-bond donors (Lipinski definition) is 1. The lowest BCUT2D eigenvalue weighted by molar-refractivity contribution is 0.0696. The van der Waals surface area contributed by atoms with Crippen molar-refractivity contribution < 1.29 is 22.2 Å². The highest BCUT2D eigenvalue weighted by atomic mass is 79.9. The van der Waals surface area contributed by atoms with Crippen molar-refractivity contribution in [3.8, 4) is 0 Å². The summed E-state index contributed by atoms with van der Waals surface area (Å²) in [5.41, 5.74) is 0.108. The van der Waals surface area contributed by atoms with Crippen molar-refractivity contribution in [3.05, 3.63) is 27.7 Å². The Bertz CT molecular complexity index is 524. The predicted molar refractivity (Wildman–Crippen MR) is 54.1 cm³/mol. The second-order valence-corrected chi connectivity index (χ2v) is 5.01. The van der Waals surface area contributed by atoms with E-state index in [1.807, 2.05) is 0 Å². The molecule has 1 aromatic carbocycles. The van der Waals surface area contributed by atoms with Gasteiger partial charge in [-0.15, -0.1) is 3.89 Å². The van der Waals surface area contributed by atoms with Crippen LogP contribution in [0.2, 0.25) is 0 Å². The maximum Gasteiger partial charge on any atom is 0.335 e. The van der Waals surface area contributed by atoms with Crippen LogP contribution < -0.4 is 0 Å². The molecular weight excluding hydrogens is 291 g/mol. The molecule has 0 radical (unpaired) electrons. The molecule has 0 atom stereocenters. The van der Waals surface area contributed by atoms with Crippen LogP contribution >= 0.6 is 15.9 Å². The van der Waals surface area contributed by atoms with Gasteiger partial charge in [0.25, 0.3) is 0 Å². The van der Waals surface area contributed by atoms with Gasteiger partial charge in [0.15, 0.2) is 0 Å². The van der Waals surface area contributed by atoms with E-state index in [0.717, 1.165) is 12.1 Å². The molecule has 0 amide bonds. The number of aromatic carboxylic acids is 1. The Morgan fingerprint density at radius 2 is 2.00 bits per heavy atom. The second-order valence-electron chi connectivity index (χ2n) is 2.84. The first-order valence-electron chi connectivity index (χ1n) is 3.71. The fourth-order valence-electron chi connectivity index (χ4n) is 1.07. The zero-order chi connectivity index (χ0) is 11.8. The van der Waals surface area contributed by atoms with Gasteiger partial charge in [0, 0.05) is 4.47 Å². The third-order valence-corrected chi connectivity index (χ3v) is 3.55. The summed E-state index contributed by atoms with van der Waals surface area (Å²) in [6.45, 7) is 1.39. The van der Waals surface area contributed by atoms with Crippen LogP contribution in [0.25, 0.3) is 0 Å². The monoisotopic (exact) mass is 296 g/mol. The van der Waals surface area contributed by atoms with Gasteiger partial charge in [-0.2, -0.15) is 8.42 Å². The number of halogens is 2. The number of aryl methyl sites for hydroxylation is 1. The third kappa shape index (κ3) is 2.54. The topological polar surface area (TPSA) is 71.4 Å². The lowest BCUT2D eigenvalue weighted by atomic mass is 10.1. The minimum absolute atomic E-state index is 0.0747. The van der Waals surface area contributed by atoms with Crippen molar-refractivity contribution in [2.24, 2.45) is 0 Å². The number of carboxylic acid groups (broad SMARTS) is 1. The summed E-state index contributed by atoms with van der Waals surface area (Å²) >= 11 is 2.80. The molecule has 1 rings (SSSR count). The SMILES string of the molecule is Cc1cc(S(=O)(=O)F)c(Br)cc1C(=O)O. The Morgan fingerprint density at radius 1 is 1.47 bits per heavy atom. The van der Waals surface area contributed by atoms with Gasteiger partial charge in [-0.05, 0) is 40.5 Å². The summed E-state index contributed by atoms with van der Waals surface area (Å²) in [6.07, 6.45) is 0. The molecule has 0 heterocycles. The summed E-state index contributed by atoms with van der Waals surface area (Å²) in [4.78, 5) is 10.1. The van der Waals surface area contributed by atoms with Crippen molar-refractivity contribution in [1.82, 2.24) is 0 Å². The van der Waals surface area contributed by atoms with Gasteiger partial charge in [-0.25, -0.2) is 4.79 Å². The first kappa shape index (κ1) is 12.1. The zero-order valence-electron chi connectivity index (χ0n) is 7.49. The molecule has 4 nitrogen and oxygen atoms in total. The highest BCUT2D eigenvalue weighted by Crippen LogP contribution is 2.27. The minimum atomic E-state index is -4.84. The largest absolute Gasteiger partial charge is 0.478 e. The highest BCUT2D eigenvalue weighted by molar-refractivity contribution is 9.10. The average molecular weight is 297 g/mol. The Morgan fingerprint density at radius 3 is 2.40 bits per heavy atom. The van der Waals surface area contributed by atoms with Crippen LogP contribution in [0.15, 0.2) is 21.5 Å². The number of carbonyl (C=O) groups is 1. The molecule has 0 aliphatic carbocycles. The molecule has 0 aliphatic rings. The summed E-state index contributed by atoms with van der Waals surface area (Å²) in [6, 6.07) is 2.03. The van der Waals surface area contributed by atoms with Crippen LogP contribution in [0.1, 0.15) is 15.9 Å². The molecule has 0 aromatic heterocycles. The van der Waals surface area contributed by atoms with E-state index in [1.165, 1.54) is 6.92 Å². The fraction of sp³-hybridized carbons (Fsp3) is 0.125. The normalized spacial score (nSPS) is 11.4. The molecule has 0 spiro atoms. The molecule has 7 heteroatoms. The Hall–Kier alpha value is -0.950. The van der Waals surface area contributed by atoms with E-state index in [-0.39, 0.29) is 15.6 Å². The Balaban J connectivity index is 3.52. The first-order valence-corrected chi connectivity index (χ1v) is 5.89. The van der Waals surface area contributed by atoms with E-state index in [1.54, 1.807) is 0 Å². The molecule has 0 unspecified atom stereocenters. The minimum Gasteiger partial charge on any atom is -0.478 e. The van der Waals surface area contributed by atoms with Crippen molar-refractivity contribution in [3.63, 3.8) is 0 Å². The maximum atomic E-state index is 12.7. The Labute approximate surface area is 94.1 Å². The van der Waals surface area contributed by atoms with Crippen molar-refractivity contribution in [2.75, 3.05) is 0 Å². The third-order valence-electron chi connectivity index (χ3n) is 1.77. The quantitative estimate of drug-likeness (QED) is 0.849. The number of benzene rings is 1. The van der Waals surface area contributed by atoms with Crippen LogP contribution in [0, 0.1) is 6.92 Å². The second kappa shape index (κ2) is 3.90. The van der Waals surface area contributed by atoms with E-state index >= 15 is 0 Å². The predicted octanol–water partition coefficient (Wildman–Crippen LogP) is 2.11. The van der Waals surface area contributed by atoms with Gasteiger partial charge in [0.2, 0.25) is 0 Å². The molecule has 0 saturated heterocycles. The average Bonchev–Trinajstić information content (AvgIpc) is 2.06. The van der Waals surface area contributed by atoms with Gasteiger partial charge in [-0.3, -0.25) is 0 Å². The molecule has 0 aliphatic heterocycles. The standard InChI is InChI=1S/C8H6BrFO4S/c1-4-2-7(15(10,13)14)6(9)3-5(4)8(11)12/h2-3H,1H3,(H,11,12). The fourth-order valence-corrected chi connectivity index (χ4v) is 2.61. The van der Waals surface area contributed by atoms with Gasteiger partial charge in [0.05, 0.1) is 5.56 Å². The van der Waals surface area contributed by atoms with Gasteiger partial charge in [0.1, 0.15) is 4.90 Å².